The van der Waals surface area contributed by atoms with Crippen LogP contribution in [0.3, 0.4) is 0 Å². The van der Waals surface area contributed by atoms with Crippen LogP contribution in [0.15, 0.2) is 29.4 Å². The first-order valence-electron chi connectivity index (χ1n) is 10.9. The van der Waals surface area contributed by atoms with Crippen molar-refractivity contribution >= 4 is 17.7 Å². The highest BCUT2D eigenvalue weighted by molar-refractivity contribution is 8.00. The topological polar surface area (TPSA) is 52.1 Å². The van der Waals surface area contributed by atoms with Gasteiger partial charge in [-0.3, -0.25) is 4.79 Å². The van der Waals surface area contributed by atoms with Crippen LogP contribution in [0.5, 0.6) is 5.88 Å². The van der Waals surface area contributed by atoms with Gasteiger partial charge in [0.1, 0.15) is 5.69 Å². The molecule has 158 valence electrons. The molecule has 0 unspecified atom stereocenters. The van der Waals surface area contributed by atoms with Crippen molar-refractivity contribution in [2.75, 3.05) is 0 Å². The SMILES string of the molecule is CCCC(=O)Oc1cnc(C#Cc2cc3c(cc2CC)SC(CC)(CC)CC3)cn1. The highest BCUT2D eigenvalue weighted by Gasteiger charge is 2.32. The molecule has 3 rings (SSSR count). The Kier molecular flexibility index (Phi) is 7.55. The third-order valence-corrected chi connectivity index (χ3v) is 7.57. The van der Waals surface area contributed by atoms with E-state index in [1.165, 1.54) is 41.5 Å². The van der Waals surface area contributed by atoms with Crippen LogP contribution in [0, 0.1) is 11.8 Å². The summed E-state index contributed by atoms with van der Waals surface area (Å²) < 4.78 is 5.52. The van der Waals surface area contributed by atoms with E-state index in [1.807, 2.05) is 6.92 Å². The maximum absolute atomic E-state index is 11.6. The summed E-state index contributed by atoms with van der Waals surface area (Å²) in [5, 5.41) is 0. The summed E-state index contributed by atoms with van der Waals surface area (Å²) in [5.74, 6) is 6.33. The van der Waals surface area contributed by atoms with E-state index in [-0.39, 0.29) is 11.8 Å². The van der Waals surface area contributed by atoms with Gasteiger partial charge in [-0.05, 0) is 67.7 Å². The second kappa shape index (κ2) is 10.1. The average Bonchev–Trinajstić information content (AvgIpc) is 2.77. The summed E-state index contributed by atoms with van der Waals surface area (Å²) in [7, 11) is 0. The van der Waals surface area contributed by atoms with Crippen LogP contribution < -0.4 is 4.74 Å². The van der Waals surface area contributed by atoms with Gasteiger partial charge in [-0.2, -0.15) is 0 Å². The Morgan fingerprint density at radius 2 is 1.93 bits per heavy atom. The lowest BCUT2D eigenvalue weighted by atomic mass is 9.91. The zero-order valence-corrected chi connectivity index (χ0v) is 19.2. The summed E-state index contributed by atoms with van der Waals surface area (Å²) >= 11 is 2.05. The van der Waals surface area contributed by atoms with Gasteiger partial charge in [-0.1, -0.05) is 33.6 Å². The molecular formula is C25H30N2O2S. The van der Waals surface area contributed by atoms with Crippen molar-refractivity contribution in [2.45, 2.75) is 82.3 Å². The molecule has 0 bridgehead atoms. The molecule has 0 atom stereocenters. The largest absolute Gasteiger partial charge is 0.406 e. The predicted octanol–water partition coefficient (Wildman–Crippen LogP) is 5.74. The number of hydrogen-bond acceptors (Lipinski definition) is 5. The van der Waals surface area contributed by atoms with Gasteiger partial charge in [-0.25, -0.2) is 9.97 Å². The van der Waals surface area contributed by atoms with Gasteiger partial charge in [0, 0.05) is 21.6 Å². The Balaban J connectivity index is 1.80. The molecule has 1 aromatic carbocycles. The van der Waals surface area contributed by atoms with E-state index in [4.69, 9.17) is 4.74 Å². The van der Waals surface area contributed by atoms with E-state index < -0.39 is 0 Å². The average molecular weight is 423 g/mol. The number of thioether (sulfide) groups is 1. The molecule has 0 fully saturated rings. The molecule has 30 heavy (non-hydrogen) atoms. The minimum absolute atomic E-state index is 0.217. The van der Waals surface area contributed by atoms with Crippen molar-refractivity contribution in [3.05, 3.63) is 46.9 Å². The second-order valence-corrected chi connectivity index (χ2v) is 9.19. The van der Waals surface area contributed by atoms with E-state index in [1.54, 1.807) is 6.20 Å². The Labute approximate surface area is 184 Å². The van der Waals surface area contributed by atoms with Gasteiger partial charge < -0.3 is 4.74 Å². The fraction of sp³-hybridized carbons (Fsp3) is 0.480. The van der Waals surface area contributed by atoms with Crippen molar-refractivity contribution in [1.29, 1.82) is 0 Å². The third kappa shape index (κ3) is 5.23. The highest BCUT2D eigenvalue weighted by atomic mass is 32.2. The van der Waals surface area contributed by atoms with E-state index in [9.17, 15) is 4.79 Å². The number of aromatic nitrogens is 2. The van der Waals surface area contributed by atoms with Gasteiger partial charge in [0.2, 0.25) is 5.88 Å². The minimum Gasteiger partial charge on any atom is -0.406 e. The van der Waals surface area contributed by atoms with Gasteiger partial charge in [0.05, 0.1) is 12.4 Å². The standard InChI is InChI=1S/C25H30N2O2S/c1-5-9-24(28)29-23-17-26-21(16-27-23)11-10-19-14-20-12-13-25(7-3,8-4)30-22(20)15-18(19)6-2/h14-17H,5-9,12-13H2,1-4H3. The molecule has 0 spiro atoms. The summed E-state index contributed by atoms with van der Waals surface area (Å²) in [4.78, 5) is 21.4. The van der Waals surface area contributed by atoms with Gasteiger partial charge in [-0.15, -0.1) is 11.8 Å². The molecule has 4 nitrogen and oxygen atoms in total. The molecule has 0 N–H and O–H groups in total. The lowest BCUT2D eigenvalue weighted by molar-refractivity contribution is -0.134. The molecule has 0 amide bonds. The van der Waals surface area contributed by atoms with Crippen LogP contribution in [0.25, 0.3) is 0 Å². The molecule has 0 saturated carbocycles. The zero-order valence-electron chi connectivity index (χ0n) is 18.4. The number of hydrogen-bond donors (Lipinski definition) is 0. The van der Waals surface area contributed by atoms with Crippen molar-refractivity contribution in [3.8, 4) is 17.7 Å². The number of esters is 1. The smallest absolute Gasteiger partial charge is 0.312 e. The second-order valence-electron chi connectivity index (χ2n) is 7.68. The molecule has 0 aliphatic carbocycles. The normalized spacial score (nSPS) is 14.4. The van der Waals surface area contributed by atoms with E-state index in [2.05, 4.69) is 66.5 Å². The Morgan fingerprint density at radius 3 is 2.57 bits per heavy atom. The van der Waals surface area contributed by atoms with Crippen LogP contribution in [-0.2, 0) is 17.6 Å². The van der Waals surface area contributed by atoms with Crippen LogP contribution in [-0.4, -0.2) is 20.7 Å². The number of ether oxygens (including phenoxy) is 1. The van der Waals surface area contributed by atoms with Gasteiger partial charge in [0.25, 0.3) is 0 Å². The lowest BCUT2D eigenvalue weighted by Crippen LogP contribution is -2.27. The predicted molar refractivity (Wildman–Crippen MR) is 122 cm³/mol. The third-order valence-electron chi connectivity index (χ3n) is 5.76. The number of carbonyl (C=O) groups excluding carboxylic acids is 1. The van der Waals surface area contributed by atoms with Crippen LogP contribution >= 0.6 is 11.8 Å². The molecular weight excluding hydrogens is 392 g/mol. The fourth-order valence-electron chi connectivity index (χ4n) is 3.70. The quantitative estimate of drug-likeness (QED) is 0.439. The molecule has 1 aromatic heterocycles. The molecule has 2 aromatic rings. The fourth-order valence-corrected chi connectivity index (χ4v) is 5.15. The van der Waals surface area contributed by atoms with Gasteiger partial charge >= 0.3 is 5.97 Å². The summed E-state index contributed by atoms with van der Waals surface area (Å²) in [6.07, 6.45) is 9.82. The molecule has 5 heteroatoms. The van der Waals surface area contributed by atoms with Crippen molar-refractivity contribution in [2.24, 2.45) is 0 Å². The Hall–Kier alpha value is -2.32. The number of benzene rings is 1. The number of nitrogens with zero attached hydrogens (tertiary/aromatic N) is 2. The number of carbonyl (C=O) groups is 1. The summed E-state index contributed by atoms with van der Waals surface area (Å²) in [6, 6.07) is 4.60. The molecule has 2 heterocycles. The molecule has 0 radical (unpaired) electrons. The molecule has 0 saturated heterocycles. The Bertz CT molecular complexity index is 954. The van der Waals surface area contributed by atoms with Crippen molar-refractivity contribution < 1.29 is 9.53 Å². The monoisotopic (exact) mass is 422 g/mol. The summed E-state index contributed by atoms with van der Waals surface area (Å²) in [5.41, 5.74) is 4.31. The van der Waals surface area contributed by atoms with E-state index in [0.717, 1.165) is 24.8 Å². The number of rotatable bonds is 6. The molecule has 1 aliphatic heterocycles. The van der Waals surface area contributed by atoms with Gasteiger partial charge in [0.15, 0.2) is 0 Å². The first-order valence-corrected chi connectivity index (χ1v) is 11.7. The lowest BCUT2D eigenvalue weighted by Gasteiger charge is -2.36. The van der Waals surface area contributed by atoms with Crippen molar-refractivity contribution in [1.82, 2.24) is 9.97 Å². The minimum atomic E-state index is -0.291. The maximum Gasteiger partial charge on any atom is 0.312 e. The first-order chi connectivity index (χ1) is 14.5. The number of aryl methyl sites for hydroxylation is 2. The highest BCUT2D eigenvalue weighted by Crippen LogP contribution is 2.47. The summed E-state index contributed by atoms with van der Waals surface area (Å²) in [6.45, 7) is 8.71. The van der Waals surface area contributed by atoms with Crippen LogP contribution in [0.2, 0.25) is 0 Å². The van der Waals surface area contributed by atoms with Crippen LogP contribution in [0.1, 0.15) is 82.2 Å². The van der Waals surface area contributed by atoms with E-state index >= 15 is 0 Å². The maximum atomic E-state index is 11.6. The zero-order chi connectivity index (χ0) is 21.6. The van der Waals surface area contributed by atoms with E-state index in [0.29, 0.717) is 16.9 Å². The van der Waals surface area contributed by atoms with Crippen LogP contribution in [0.4, 0.5) is 0 Å². The molecule has 1 aliphatic rings. The Morgan fingerprint density at radius 1 is 1.13 bits per heavy atom. The first kappa shape index (κ1) is 22.4. The van der Waals surface area contributed by atoms with Crippen molar-refractivity contribution in [3.63, 3.8) is 0 Å². The number of fused-ring (bicyclic) bond motifs is 1.